The maximum absolute atomic E-state index is 11.8. The molecule has 0 aromatic heterocycles. The van der Waals surface area contributed by atoms with Crippen molar-refractivity contribution in [3.8, 4) is 57.5 Å². The lowest BCUT2D eigenvalue weighted by atomic mass is 9.77. The van der Waals surface area contributed by atoms with Crippen LogP contribution < -0.4 is 9.47 Å². The Balaban J connectivity index is 1.55. The van der Waals surface area contributed by atoms with E-state index in [9.17, 15) is 51.1 Å². The number of hydrogen-bond acceptors (Lipinski definition) is 12. The van der Waals surface area contributed by atoms with Gasteiger partial charge in [0.05, 0.1) is 12.0 Å². The Hall–Kier alpha value is -5.20. The van der Waals surface area contributed by atoms with Crippen molar-refractivity contribution >= 4 is 0 Å². The highest BCUT2D eigenvalue weighted by Gasteiger charge is 2.46. The molecular formula is C30H26O12. The van der Waals surface area contributed by atoms with E-state index in [-0.39, 0.29) is 51.5 Å². The number of phenolic OH excluding ortho intramolecular Hbond substituents is 8. The van der Waals surface area contributed by atoms with Gasteiger partial charge in [-0.15, -0.1) is 0 Å². The summed E-state index contributed by atoms with van der Waals surface area (Å²) in [5, 5.41) is 105. The number of hydrogen-bond donors (Lipinski definition) is 10. The third kappa shape index (κ3) is 4.24. The largest absolute Gasteiger partial charge is 0.508 e. The van der Waals surface area contributed by atoms with Crippen LogP contribution in [0.15, 0.2) is 54.6 Å². The molecule has 0 radical (unpaired) electrons. The van der Waals surface area contributed by atoms with Crippen LogP contribution in [0.3, 0.4) is 0 Å². The highest BCUT2D eigenvalue weighted by atomic mass is 16.5. The fourth-order valence-corrected chi connectivity index (χ4v) is 5.71. The molecule has 0 bridgehead atoms. The number of aliphatic hydroxyl groups excluding tert-OH is 2. The van der Waals surface area contributed by atoms with Gasteiger partial charge in [0.15, 0.2) is 29.1 Å². The molecule has 2 aliphatic rings. The Bertz CT molecular complexity index is 1720. The molecule has 42 heavy (non-hydrogen) atoms. The molecule has 0 aliphatic carbocycles. The molecule has 0 saturated heterocycles. The van der Waals surface area contributed by atoms with E-state index in [1.165, 1.54) is 42.5 Å². The molecule has 12 nitrogen and oxygen atoms in total. The quantitative estimate of drug-likeness (QED) is 0.159. The third-order valence-electron chi connectivity index (χ3n) is 7.67. The fourth-order valence-electron chi connectivity index (χ4n) is 5.71. The van der Waals surface area contributed by atoms with Crippen LogP contribution in [0.5, 0.6) is 57.5 Å². The molecule has 4 aromatic carbocycles. The highest BCUT2D eigenvalue weighted by Crippen LogP contribution is 2.57. The summed E-state index contributed by atoms with van der Waals surface area (Å²) in [6, 6.07) is 10.8. The zero-order valence-electron chi connectivity index (χ0n) is 21.6. The first-order valence-corrected chi connectivity index (χ1v) is 12.8. The van der Waals surface area contributed by atoms with Crippen molar-refractivity contribution in [2.24, 2.45) is 0 Å². The number of rotatable bonds is 3. The van der Waals surface area contributed by atoms with Crippen molar-refractivity contribution in [2.45, 2.75) is 36.8 Å². The minimum Gasteiger partial charge on any atom is -0.508 e. The van der Waals surface area contributed by atoms with Crippen LogP contribution in [-0.2, 0) is 6.42 Å². The molecule has 6 rings (SSSR count). The lowest BCUT2D eigenvalue weighted by Gasteiger charge is -2.40. The third-order valence-corrected chi connectivity index (χ3v) is 7.67. The standard InChI is InChI=1S/C30H26O12/c31-13-7-20(37)24-23(8-13)41-29(12-2-4-16(33)19(36)6-12)27(40)26(24)25-21(38)10-17(34)14-9-22(39)28(42-30(14)25)11-1-3-15(32)18(35)5-11/h1-8,10,22,26-29,31-40H,9H2/t22?,26-,27-,28+,29+/m0/s1. The first-order chi connectivity index (χ1) is 19.9. The van der Waals surface area contributed by atoms with Crippen LogP contribution in [0.25, 0.3) is 0 Å². The van der Waals surface area contributed by atoms with Crippen LogP contribution in [-0.4, -0.2) is 63.3 Å². The zero-order valence-corrected chi connectivity index (χ0v) is 21.6. The topological polar surface area (TPSA) is 221 Å². The van der Waals surface area contributed by atoms with E-state index in [0.717, 1.165) is 12.1 Å². The molecule has 2 heterocycles. The van der Waals surface area contributed by atoms with Gasteiger partial charge in [-0.2, -0.15) is 0 Å². The van der Waals surface area contributed by atoms with Crippen molar-refractivity contribution in [2.75, 3.05) is 0 Å². The highest BCUT2D eigenvalue weighted by molar-refractivity contribution is 5.65. The molecule has 218 valence electrons. The summed E-state index contributed by atoms with van der Waals surface area (Å²) in [4.78, 5) is 0. The maximum atomic E-state index is 11.8. The van der Waals surface area contributed by atoms with Gasteiger partial charge in [-0.1, -0.05) is 12.1 Å². The van der Waals surface area contributed by atoms with Crippen LogP contribution in [0, 0.1) is 0 Å². The average Bonchev–Trinajstić information content (AvgIpc) is 2.93. The number of ether oxygens (including phenoxy) is 2. The van der Waals surface area contributed by atoms with E-state index in [2.05, 4.69) is 0 Å². The van der Waals surface area contributed by atoms with Gasteiger partial charge in [-0.05, 0) is 35.4 Å². The number of fused-ring (bicyclic) bond motifs is 2. The molecule has 2 aliphatic heterocycles. The van der Waals surface area contributed by atoms with Gasteiger partial charge in [0.25, 0.3) is 0 Å². The predicted molar refractivity (Wildman–Crippen MR) is 143 cm³/mol. The molecule has 5 atom stereocenters. The van der Waals surface area contributed by atoms with Crippen molar-refractivity contribution in [1.29, 1.82) is 0 Å². The minimum absolute atomic E-state index is 0.0312. The second kappa shape index (κ2) is 9.72. The first kappa shape index (κ1) is 27.0. The van der Waals surface area contributed by atoms with Crippen molar-refractivity contribution in [1.82, 2.24) is 0 Å². The zero-order chi connectivity index (χ0) is 30.0. The number of aliphatic hydroxyl groups is 2. The summed E-state index contributed by atoms with van der Waals surface area (Å²) in [6.45, 7) is 0. The summed E-state index contributed by atoms with van der Waals surface area (Å²) in [5.74, 6) is -5.08. The van der Waals surface area contributed by atoms with Crippen LogP contribution in [0.4, 0.5) is 0 Å². The molecular weight excluding hydrogens is 552 g/mol. The monoisotopic (exact) mass is 578 g/mol. The molecule has 0 amide bonds. The molecule has 0 fully saturated rings. The summed E-state index contributed by atoms with van der Waals surface area (Å²) in [5.41, 5.74) is 0.435. The normalized spacial score (nSPS) is 22.9. The van der Waals surface area contributed by atoms with Crippen molar-refractivity contribution in [3.63, 3.8) is 0 Å². The molecule has 1 unspecified atom stereocenters. The molecule has 0 saturated carbocycles. The summed E-state index contributed by atoms with van der Waals surface area (Å²) >= 11 is 0. The molecule has 10 N–H and O–H groups in total. The Morgan fingerprint density at radius 3 is 1.76 bits per heavy atom. The van der Waals surface area contributed by atoms with Gasteiger partial charge in [0.2, 0.25) is 0 Å². The van der Waals surface area contributed by atoms with Crippen molar-refractivity contribution in [3.05, 3.63) is 82.4 Å². The number of aromatic hydroxyl groups is 8. The van der Waals surface area contributed by atoms with Gasteiger partial charge < -0.3 is 60.5 Å². The van der Waals surface area contributed by atoms with E-state index in [1.54, 1.807) is 0 Å². The fraction of sp³-hybridized carbons (Fsp3) is 0.200. The van der Waals surface area contributed by atoms with E-state index in [1.807, 2.05) is 0 Å². The van der Waals surface area contributed by atoms with Crippen LogP contribution in [0.1, 0.15) is 45.9 Å². The SMILES string of the molecule is Oc1cc(O)c2c(c1)O[C@H](c1ccc(O)c(O)c1)[C@@H](O)[C@@H]2c1c(O)cc(O)c2c1O[C@H](c1ccc(O)c(O)c1)C(O)C2. The Labute approximate surface area is 237 Å². The van der Waals surface area contributed by atoms with E-state index >= 15 is 0 Å². The second-order valence-electron chi connectivity index (χ2n) is 10.3. The van der Waals surface area contributed by atoms with Gasteiger partial charge in [-0.25, -0.2) is 0 Å². The lowest BCUT2D eigenvalue weighted by Crippen LogP contribution is -2.36. The Morgan fingerprint density at radius 2 is 1.14 bits per heavy atom. The molecule has 0 spiro atoms. The first-order valence-electron chi connectivity index (χ1n) is 12.8. The van der Waals surface area contributed by atoms with E-state index < -0.39 is 70.6 Å². The maximum Gasteiger partial charge on any atom is 0.157 e. The van der Waals surface area contributed by atoms with Gasteiger partial charge in [-0.3, -0.25) is 0 Å². The van der Waals surface area contributed by atoms with Gasteiger partial charge >= 0.3 is 0 Å². The van der Waals surface area contributed by atoms with E-state index in [0.29, 0.717) is 0 Å². The molecule has 12 heteroatoms. The van der Waals surface area contributed by atoms with Crippen LogP contribution >= 0.6 is 0 Å². The minimum atomic E-state index is -1.59. The number of phenols is 8. The van der Waals surface area contributed by atoms with E-state index in [4.69, 9.17) is 9.47 Å². The Kier molecular flexibility index (Phi) is 6.24. The summed E-state index contributed by atoms with van der Waals surface area (Å²) in [6.07, 6.45) is -5.43. The Morgan fingerprint density at radius 1 is 0.548 bits per heavy atom. The summed E-state index contributed by atoms with van der Waals surface area (Å²) < 4.78 is 12.1. The summed E-state index contributed by atoms with van der Waals surface area (Å²) in [7, 11) is 0. The number of benzene rings is 4. The van der Waals surface area contributed by atoms with Gasteiger partial charge in [0, 0.05) is 41.3 Å². The van der Waals surface area contributed by atoms with Gasteiger partial charge in [0.1, 0.15) is 46.7 Å². The average molecular weight is 579 g/mol. The second-order valence-corrected chi connectivity index (χ2v) is 10.3. The molecule has 4 aromatic rings. The lowest BCUT2D eigenvalue weighted by molar-refractivity contribution is 0.00115. The van der Waals surface area contributed by atoms with Crippen molar-refractivity contribution < 1.29 is 60.5 Å². The van der Waals surface area contributed by atoms with Crippen LogP contribution in [0.2, 0.25) is 0 Å². The smallest absolute Gasteiger partial charge is 0.157 e. The predicted octanol–water partition coefficient (Wildman–Crippen LogP) is 3.00.